The number of hydrogen-bond donors (Lipinski definition) is 1. The molecule has 3 rings (SSSR count). The van der Waals surface area contributed by atoms with Crippen LogP contribution in [0.25, 0.3) is 10.8 Å². The maximum atomic E-state index is 12.6. The summed E-state index contributed by atoms with van der Waals surface area (Å²) in [5.74, 6) is 1.11. The molecule has 0 atom stereocenters. The quantitative estimate of drug-likeness (QED) is 0.680. The number of ether oxygens (including phenoxy) is 2. The van der Waals surface area contributed by atoms with Gasteiger partial charge in [0.05, 0.1) is 13.2 Å². The zero-order chi connectivity index (χ0) is 18.4. The number of fused-ring (bicyclic) bond motifs is 1. The van der Waals surface area contributed by atoms with Crippen LogP contribution in [-0.2, 0) is 6.54 Å². The Morgan fingerprint density at radius 3 is 2.42 bits per heavy atom. The van der Waals surface area contributed by atoms with Crippen molar-refractivity contribution in [3.63, 3.8) is 0 Å². The largest absolute Gasteiger partial charge is 0.490 e. The first kappa shape index (κ1) is 17.8. The highest BCUT2D eigenvalue weighted by atomic mass is 16.5. The average Bonchev–Trinajstić information content (AvgIpc) is 2.67. The molecule has 4 heteroatoms. The Kier molecular flexibility index (Phi) is 5.74. The van der Waals surface area contributed by atoms with Crippen LogP contribution in [0.5, 0.6) is 11.5 Å². The number of rotatable bonds is 7. The van der Waals surface area contributed by atoms with Crippen LogP contribution >= 0.6 is 0 Å². The fourth-order valence-corrected chi connectivity index (χ4v) is 2.92. The number of carbonyl (C=O) groups is 1. The lowest BCUT2D eigenvalue weighted by Crippen LogP contribution is -2.23. The van der Waals surface area contributed by atoms with Crippen LogP contribution in [0, 0.1) is 0 Å². The second-order valence-corrected chi connectivity index (χ2v) is 5.85. The first-order valence-corrected chi connectivity index (χ1v) is 8.87. The predicted octanol–water partition coefficient (Wildman–Crippen LogP) is 4.57. The van der Waals surface area contributed by atoms with Crippen molar-refractivity contribution in [3.05, 3.63) is 71.8 Å². The standard InChI is InChI=1S/C22H23NO3/c1-3-25-20-13-12-17(14-21(20)26-4-2)22(24)23-15-18-10-7-9-16-8-5-6-11-19(16)18/h5-14H,3-4,15H2,1-2H3,(H,23,24). The van der Waals surface area contributed by atoms with Crippen molar-refractivity contribution in [1.29, 1.82) is 0 Å². The van der Waals surface area contributed by atoms with Crippen LogP contribution < -0.4 is 14.8 Å². The molecule has 3 aromatic carbocycles. The van der Waals surface area contributed by atoms with Gasteiger partial charge in [-0.1, -0.05) is 42.5 Å². The normalized spacial score (nSPS) is 10.5. The Morgan fingerprint density at radius 1 is 0.885 bits per heavy atom. The van der Waals surface area contributed by atoms with Gasteiger partial charge in [0.2, 0.25) is 0 Å². The van der Waals surface area contributed by atoms with E-state index in [0.29, 0.717) is 36.8 Å². The smallest absolute Gasteiger partial charge is 0.251 e. The fourth-order valence-electron chi connectivity index (χ4n) is 2.92. The minimum absolute atomic E-state index is 0.137. The summed E-state index contributed by atoms with van der Waals surface area (Å²) in [6.07, 6.45) is 0. The minimum atomic E-state index is -0.137. The third kappa shape index (κ3) is 3.97. The SMILES string of the molecule is CCOc1ccc(C(=O)NCc2cccc3ccccc23)cc1OCC. The summed E-state index contributed by atoms with van der Waals surface area (Å²) >= 11 is 0. The van der Waals surface area contributed by atoms with Crippen molar-refractivity contribution in [1.82, 2.24) is 5.32 Å². The number of amides is 1. The lowest BCUT2D eigenvalue weighted by molar-refractivity contribution is 0.0950. The summed E-state index contributed by atoms with van der Waals surface area (Å²) in [5, 5.41) is 5.31. The summed E-state index contributed by atoms with van der Waals surface area (Å²) in [6.45, 7) is 5.36. The second kappa shape index (κ2) is 8.39. The molecule has 0 saturated heterocycles. The van der Waals surface area contributed by atoms with Gasteiger partial charge >= 0.3 is 0 Å². The van der Waals surface area contributed by atoms with E-state index in [4.69, 9.17) is 9.47 Å². The molecule has 0 aliphatic carbocycles. The summed E-state index contributed by atoms with van der Waals surface area (Å²) in [4.78, 5) is 12.6. The molecule has 0 bridgehead atoms. The molecule has 0 aromatic heterocycles. The van der Waals surface area contributed by atoms with E-state index < -0.39 is 0 Å². The maximum Gasteiger partial charge on any atom is 0.251 e. The zero-order valence-corrected chi connectivity index (χ0v) is 15.1. The van der Waals surface area contributed by atoms with E-state index in [1.165, 1.54) is 5.39 Å². The van der Waals surface area contributed by atoms with E-state index >= 15 is 0 Å². The molecule has 26 heavy (non-hydrogen) atoms. The molecule has 0 radical (unpaired) electrons. The van der Waals surface area contributed by atoms with Gasteiger partial charge in [0.1, 0.15) is 0 Å². The number of benzene rings is 3. The Labute approximate surface area is 153 Å². The van der Waals surface area contributed by atoms with Crippen molar-refractivity contribution in [2.45, 2.75) is 20.4 Å². The van der Waals surface area contributed by atoms with Gasteiger partial charge in [-0.2, -0.15) is 0 Å². The van der Waals surface area contributed by atoms with Crippen LogP contribution in [0.15, 0.2) is 60.7 Å². The highest BCUT2D eigenvalue weighted by Crippen LogP contribution is 2.28. The molecule has 4 nitrogen and oxygen atoms in total. The fraction of sp³-hybridized carbons (Fsp3) is 0.227. The van der Waals surface area contributed by atoms with Gasteiger partial charge in [-0.25, -0.2) is 0 Å². The van der Waals surface area contributed by atoms with Gasteiger partial charge in [0.25, 0.3) is 5.91 Å². The maximum absolute atomic E-state index is 12.6. The van der Waals surface area contributed by atoms with E-state index in [2.05, 4.69) is 23.5 Å². The molecule has 0 fully saturated rings. The second-order valence-electron chi connectivity index (χ2n) is 5.85. The average molecular weight is 349 g/mol. The van der Waals surface area contributed by atoms with Gasteiger partial charge in [0.15, 0.2) is 11.5 Å². The topological polar surface area (TPSA) is 47.6 Å². The van der Waals surface area contributed by atoms with E-state index in [1.54, 1.807) is 18.2 Å². The third-order valence-electron chi connectivity index (χ3n) is 4.12. The summed E-state index contributed by atoms with van der Waals surface area (Å²) in [7, 11) is 0. The van der Waals surface area contributed by atoms with Gasteiger partial charge in [-0.05, 0) is 48.4 Å². The first-order chi connectivity index (χ1) is 12.7. The van der Waals surface area contributed by atoms with Crippen molar-refractivity contribution in [2.75, 3.05) is 13.2 Å². The van der Waals surface area contributed by atoms with Crippen LogP contribution in [-0.4, -0.2) is 19.1 Å². The Hall–Kier alpha value is -3.01. The third-order valence-corrected chi connectivity index (χ3v) is 4.12. The van der Waals surface area contributed by atoms with Crippen LogP contribution in [0.4, 0.5) is 0 Å². The Bertz CT molecular complexity index is 900. The molecule has 1 N–H and O–H groups in total. The molecule has 0 aliphatic rings. The van der Waals surface area contributed by atoms with Crippen molar-refractivity contribution < 1.29 is 14.3 Å². The van der Waals surface area contributed by atoms with Crippen molar-refractivity contribution >= 4 is 16.7 Å². The molecule has 0 aliphatic heterocycles. The molecular weight excluding hydrogens is 326 g/mol. The monoisotopic (exact) mass is 349 g/mol. The summed E-state index contributed by atoms with van der Waals surface area (Å²) in [5.41, 5.74) is 1.64. The molecule has 1 amide bonds. The van der Waals surface area contributed by atoms with Crippen LogP contribution in [0.3, 0.4) is 0 Å². The lowest BCUT2D eigenvalue weighted by atomic mass is 10.0. The number of hydrogen-bond acceptors (Lipinski definition) is 3. The molecule has 3 aromatic rings. The highest BCUT2D eigenvalue weighted by Gasteiger charge is 2.12. The van der Waals surface area contributed by atoms with E-state index in [1.807, 2.05) is 38.1 Å². The number of carbonyl (C=O) groups excluding carboxylic acids is 1. The molecule has 0 heterocycles. The molecule has 0 saturated carbocycles. The lowest BCUT2D eigenvalue weighted by Gasteiger charge is -2.13. The van der Waals surface area contributed by atoms with Crippen molar-refractivity contribution in [3.8, 4) is 11.5 Å². The van der Waals surface area contributed by atoms with Gasteiger partial charge < -0.3 is 14.8 Å². The molecule has 134 valence electrons. The van der Waals surface area contributed by atoms with E-state index in [-0.39, 0.29) is 5.91 Å². The highest BCUT2D eigenvalue weighted by molar-refractivity contribution is 5.95. The predicted molar refractivity (Wildman–Crippen MR) is 104 cm³/mol. The molecule has 0 unspecified atom stereocenters. The van der Waals surface area contributed by atoms with Gasteiger partial charge in [-0.15, -0.1) is 0 Å². The van der Waals surface area contributed by atoms with Crippen LogP contribution in [0.1, 0.15) is 29.8 Å². The summed E-state index contributed by atoms with van der Waals surface area (Å²) < 4.78 is 11.1. The Morgan fingerprint density at radius 2 is 1.62 bits per heavy atom. The first-order valence-electron chi connectivity index (χ1n) is 8.87. The van der Waals surface area contributed by atoms with Crippen LogP contribution in [0.2, 0.25) is 0 Å². The molecule has 0 spiro atoms. The minimum Gasteiger partial charge on any atom is -0.490 e. The number of nitrogens with one attached hydrogen (secondary N) is 1. The zero-order valence-electron chi connectivity index (χ0n) is 15.1. The van der Waals surface area contributed by atoms with Crippen molar-refractivity contribution in [2.24, 2.45) is 0 Å². The van der Waals surface area contributed by atoms with E-state index in [0.717, 1.165) is 10.9 Å². The molecular formula is C22H23NO3. The Balaban J connectivity index is 1.76. The van der Waals surface area contributed by atoms with E-state index in [9.17, 15) is 4.79 Å². The summed E-state index contributed by atoms with van der Waals surface area (Å²) in [6, 6.07) is 19.5. The van der Waals surface area contributed by atoms with Gasteiger partial charge in [0, 0.05) is 12.1 Å². The van der Waals surface area contributed by atoms with Gasteiger partial charge in [-0.3, -0.25) is 4.79 Å².